The predicted molar refractivity (Wildman–Crippen MR) is 59.8 cm³/mol. The number of carbonyl (C=O) groups excluding carboxylic acids is 1. The highest BCUT2D eigenvalue weighted by atomic mass is 79.9. The second-order valence-electron chi connectivity index (χ2n) is 2.75. The van der Waals surface area contributed by atoms with E-state index >= 15 is 0 Å². The smallest absolute Gasteiger partial charge is 0.330 e. The summed E-state index contributed by atoms with van der Waals surface area (Å²) in [6.45, 7) is 2.08. The molecular formula is C11H10BrFO2. The highest BCUT2D eigenvalue weighted by Crippen LogP contribution is 2.19. The summed E-state index contributed by atoms with van der Waals surface area (Å²) in [5.41, 5.74) is 0.726. The molecule has 15 heavy (non-hydrogen) atoms. The van der Waals surface area contributed by atoms with Crippen molar-refractivity contribution in [3.63, 3.8) is 0 Å². The second kappa shape index (κ2) is 5.66. The molecule has 1 aromatic carbocycles. The molecule has 0 heterocycles. The van der Waals surface area contributed by atoms with E-state index in [0.29, 0.717) is 11.1 Å². The number of benzene rings is 1. The lowest BCUT2D eigenvalue weighted by Gasteiger charge is -1.98. The first-order valence-corrected chi connectivity index (χ1v) is 5.22. The van der Waals surface area contributed by atoms with E-state index in [2.05, 4.69) is 15.9 Å². The standard InChI is InChI=1S/C11H10BrFO2/c1-2-15-11(14)6-4-8-3-5-9(13)7-10(8)12/h3-7H,2H2,1H3/b6-4+. The van der Waals surface area contributed by atoms with Crippen molar-refractivity contribution in [1.82, 2.24) is 0 Å². The lowest BCUT2D eigenvalue weighted by atomic mass is 10.2. The molecule has 0 aliphatic rings. The Labute approximate surface area is 95.9 Å². The lowest BCUT2D eigenvalue weighted by Crippen LogP contribution is -1.98. The fourth-order valence-corrected chi connectivity index (χ4v) is 1.47. The molecular weight excluding hydrogens is 263 g/mol. The molecule has 0 N–H and O–H groups in total. The predicted octanol–water partition coefficient (Wildman–Crippen LogP) is 3.16. The third kappa shape index (κ3) is 3.83. The molecule has 0 atom stereocenters. The van der Waals surface area contributed by atoms with Crippen LogP contribution in [-0.2, 0) is 9.53 Å². The molecule has 0 radical (unpaired) electrons. The number of carbonyl (C=O) groups is 1. The van der Waals surface area contributed by atoms with E-state index in [4.69, 9.17) is 4.74 Å². The van der Waals surface area contributed by atoms with Crippen LogP contribution in [0.1, 0.15) is 12.5 Å². The van der Waals surface area contributed by atoms with E-state index < -0.39 is 5.97 Å². The summed E-state index contributed by atoms with van der Waals surface area (Å²) >= 11 is 3.19. The molecule has 0 fully saturated rings. The second-order valence-corrected chi connectivity index (χ2v) is 3.61. The Bertz CT molecular complexity index is 388. The first-order valence-electron chi connectivity index (χ1n) is 4.43. The molecule has 1 aromatic rings. The van der Waals surface area contributed by atoms with Gasteiger partial charge in [-0.15, -0.1) is 0 Å². The Morgan fingerprint density at radius 1 is 1.60 bits per heavy atom. The Hall–Kier alpha value is -1.16. The molecule has 0 saturated heterocycles. The number of esters is 1. The van der Waals surface area contributed by atoms with Gasteiger partial charge in [-0.1, -0.05) is 22.0 Å². The number of hydrogen-bond acceptors (Lipinski definition) is 2. The van der Waals surface area contributed by atoms with Gasteiger partial charge in [-0.05, 0) is 30.7 Å². The third-order valence-corrected chi connectivity index (χ3v) is 2.33. The van der Waals surface area contributed by atoms with Crippen molar-refractivity contribution < 1.29 is 13.9 Å². The number of ether oxygens (including phenoxy) is 1. The highest BCUT2D eigenvalue weighted by molar-refractivity contribution is 9.10. The molecule has 80 valence electrons. The zero-order valence-electron chi connectivity index (χ0n) is 8.17. The van der Waals surface area contributed by atoms with Crippen LogP contribution in [-0.4, -0.2) is 12.6 Å². The van der Waals surface area contributed by atoms with E-state index in [0.717, 1.165) is 5.56 Å². The van der Waals surface area contributed by atoms with Crippen LogP contribution in [0.3, 0.4) is 0 Å². The monoisotopic (exact) mass is 272 g/mol. The highest BCUT2D eigenvalue weighted by Gasteiger charge is 1.99. The Kier molecular flexibility index (Phi) is 4.49. The van der Waals surface area contributed by atoms with Crippen molar-refractivity contribution in [2.45, 2.75) is 6.92 Å². The Balaban J connectivity index is 2.76. The molecule has 0 unspecified atom stereocenters. The average molecular weight is 273 g/mol. The van der Waals surface area contributed by atoms with Crippen LogP contribution in [0, 0.1) is 5.82 Å². The summed E-state index contributed by atoms with van der Waals surface area (Å²) in [4.78, 5) is 11.0. The molecule has 0 amide bonds. The lowest BCUT2D eigenvalue weighted by molar-refractivity contribution is -0.137. The van der Waals surface area contributed by atoms with Gasteiger partial charge >= 0.3 is 5.97 Å². The van der Waals surface area contributed by atoms with Crippen LogP contribution in [0.4, 0.5) is 4.39 Å². The van der Waals surface area contributed by atoms with Gasteiger partial charge in [-0.3, -0.25) is 0 Å². The quantitative estimate of drug-likeness (QED) is 0.624. The summed E-state index contributed by atoms with van der Waals surface area (Å²) in [6, 6.07) is 4.25. The van der Waals surface area contributed by atoms with Crippen molar-refractivity contribution >= 4 is 28.0 Å². The van der Waals surface area contributed by atoms with Gasteiger partial charge in [0.1, 0.15) is 5.82 Å². The van der Waals surface area contributed by atoms with E-state index in [1.165, 1.54) is 18.2 Å². The first-order chi connectivity index (χ1) is 7.13. The van der Waals surface area contributed by atoms with E-state index in [1.807, 2.05) is 0 Å². The number of rotatable bonds is 3. The van der Waals surface area contributed by atoms with Crippen molar-refractivity contribution in [3.8, 4) is 0 Å². The van der Waals surface area contributed by atoms with Crippen molar-refractivity contribution in [2.24, 2.45) is 0 Å². The van der Waals surface area contributed by atoms with Gasteiger partial charge in [0.25, 0.3) is 0 Å². The Morgan fingerprint density at radius 2 is 2.33 bits per heavy atom. The van der Waals surface area contributed by atoms with Crippen molar-refractivity contribution in [3.05, 3.63) is 40.1 Å². The van der Waals surface area contributed by atoms with Gasteiger partial charge in [-0.2, -0.15) is 0 Å². The summed E-state index contributed by atoms with van der Waals surface area (Å²) in [7, 11) is 0. The molecule has 0 aromatic heterocycles. The number of halogens is 2. The average Bonchev–Trinajstić information content (AvgIpc) is 2.17. The minimum absolute atomic E-state index is 0.324. The summed E-state index contributed by atoms with van der Waals surface area (Å²) in [5, 5.41) is 0. The maximum Gasteiger partial charge on any atom is 0.330 e. The van der Waals surface area contributed by atoms with Gasteiger partial charge in [0, 0.05) is 10.5 Å². The molecule has 2 nitrogen and oxygen atoms in total. The molecule has 0 saturated carbocycles. The van der Waals surface area contributed by atoms with Crippen molar-refractivity contribution in [2.75, 3.05) is 6.61 Å². The summed E-state index contributed by atoms with van der Waals surface area (Å²) in [6.07, 6.45) is 2.88. The number of hydrogen-bond donors (Lipinski definition) is 0. The Morgan fingerprint density at radius 3 is 2.93 bits per heavy atom. The molecule has 0 aliphatic heterocycles. The zero-order chi connectivity index (χ0) is 11.3. The molecule has 1 rings (SSSR count). The molecule has 0 bridgehead atoms. The molecule has 4 heteroatoms. The summed E-state index contributed by atoms with van der Waals surface area (Å²) < 4.78 is 18.0. The fraction of sp³-hybridized carbons (Fsp3) is 0.182. The normalized spacial score (nSPS) is 10.6. The summed E-state index contributed by atoms with van der Waals surface area (Å²) in [5.74, 6) is -0.733. The van der Waals surface area contributed by atoms with Gasteiger partial charge in [-0.25, -0.2) is 9.18 Å². The fourth-order valence-electron chi connectivity index (χ4n) is 0.985. The van der Waals surface area contributed by atoms with E-state index in [1.54, 1.807) is 19.1 Å². The molecule has 0 aliphatic carbocycles. The van der Waals surface area contributed by atoms with E-state index in [9.17, 15) is 9.18 Å². The van der Waals surface area contributed by atoms with Gasteiger partial charge in [0.2, 0.25) is 0 Å². The third-order valence-electron chi connectivity index (χ3n) is 1.65. The van der Waals surface area contributed by atoms with Gasteiger partial charge < -0.3 is 4.74 Å². The van der Waals surface area contributed by atoms with Crippen LogP contribution in [0.15, 0.2) is 28.7 Å². The SMILES string of the molecule is CCOC(=O)/C=C/c1ccc(F)cc1Br. The maximum absolute atomic E-state index is 12.7. The maximum atomic E-state index is 12.7. The molecule has 0 spiro atoms. The van der Waals surface area contributed by atoms with Crippen molar-refractivity contribution in [1.29, 1.82) is 0 Å². The van der Waals surface area contributed by atoms with Crippen LogP contribution < -0.4 is 0 Å². The van der Waals surface area contributed by atoms with Crippen LogP contribution in [0.25, 0.3) is 6.08 Å². The van der Waals surface area contributed by atoms with E-state index in [-0.39, 0.29) is 5.82 Å². The van der Waals surface area contributed by atoms with Crippen LogP contribution in [0.2, 0.25) is 0 Å². The topological polar surface area (TPSA) is 26.3 Å². The zero-order valence-corrected chi connectivity index (χ0v) is 9.75. The van der Waals surface area contributed by atoms with Gasteiger partial charge in [0.15, 0.2) is 0 Å². The van der Waals surface area contributed by atoms with Crippen LogP contribution in [0.5, 0.6) is 0 Å². The largest absolute Gasteiger partial charge is 0.463 e. The minimum Gasteiger partial charge on any atom is -0.463 e. The van der Waals surface area contributed by atoms with Crippen LogP contribution >= 0.6 is 15.9 Å². The minimum atomic E-state index is -0.409. The van der Waals surface area contributed by atoms with Gasteiger partial charge in [0.05, 0.1) is 6.61 Å². The first kappa shape index (κ1) is 11.9.